The summed E-state index contributed by atoms with van der Waals surface area (Å²) in [6.07, 6.45) is 3.30. The van der Waals surface area contributed by atoms with Crippen LogP contribution in [0.5, 0.6) is 0 Å². The molecule has 1 atom stereocenters. The Hall–Kier alpha value is -1.85. The highest BCUT2D eigenvalue weighted by atomic mass is 16.2. The van der Waals surface area contributed by atoms with Gasteiger partial charge in [-0.1, -0.05) is 0 Å². The average Bonchev–Trinajstić information content (AvgIpc) is 3.04. The number of nitrogens with one attached hydrogen (secondary N) is 1. The number of carbonyl (C=O) groups excluding carboxylic acids is 2. The lowest BCUT2D eigenvalue weighted by atomic mass is 9.97. The van der Waals surface area contributed by atoms with Crippen LogP contribution in [-0.4, -0.2) is 45.6 Å². The van der Waals surface area contributed by atoms with Crippen molar-refractivity contribution in [3.63, 3.8) is 0 Å². The minimum absolute atomic E-state index is 0.117. The van der Waals surface area contributed by atoms with Crippen LogP contribution >= 0.6 is 0 Å². The molecule has 0 spiro atoms. The first-order valence-electron chi connectivity index (χ1n) is 6.60. The largest absolute Gasteiger partial charge is 0.357 e. The number of hydrogen-bond donors (Lipinski definition) is 1. The van der Waals surface area contributed by atoms with E-state index in [1.807, 2.05) is 13.8 Å². The molecule has 104 valence electrons. The SMILES string of the molecule is CCn1ccc(C(=O)N2CCC[C@]2(C)C(=O)NC)n1. The van der Waals surface area contributed by atoms with E-state index in [1.165, 1.54) is 0 Å². The number of likely N-dealkylation sites (tertiary alicyclic amines) is 1. The topological polar surface area (TPSA) is 67.2 Å². The molecule has 6 heteroatoms. The van der Waals surface area contributed by atoms with Crippen LogP contribution in [0, 0.1) is 0 Å². The maximum atomic E-state index is 12.5. The predicted molar refractivity (Wildman–Crippen MR) is 70.6 cm³/mol. The van der Waals surface area contributed by atoms with E-state index in [-0.39, 0.29) is 11.8 Å². The average molecular weight is 264 g/mol. The van der Waals surface area contributed by atoms with Crippen molar-refractivity contribution in [2.45, 2.75) is 38.8 Å². The Morgan fingerprint density at radius 2 is 2.26 bits per heavy atom. The van der Waals surface area contributed by atoms with E-state index in [4.69, 9.17) is 0 Å². The van der Waals surface area contributed by atoms with E-state index in [0.717, 1.165) is 13.0 Å². The van der Waals surface area contributed by atoms with Crippen molar-refractivity contribution in [2.75, 3.05) is 13.6 Å². The summed E-state index contributed by atoms with van der Waals surface area (Å²) in [4.78, 5) is 26.1. The number of nitrogens with zero attached hydrogens (tertiary/aromatic N) is 3. The zero-order chi connectivity index (χ0) is 14.0. The summed E-state index contributed by atoms with van der Waals surface area (Å²) in [5.41, 5.74) is -0.360. The van der Waals surface area contributed by atoms with Gasteiger partial charge in [-0.3, -0.25) is 14.3 Å². The molecule has 0 aromatic carbocycles. The van der Waals surface area contributed by atoms with Crippen LogP contribution in [-0.2, 0) is 11.3 Å². The Bertz CT molecular complexity index is 497. The molecular formula is C13H20N4O2. The monoisotopic (exact) mass is 264 g/mol. The molecule has 0 aliphatic carbocycles. The summed E-state index contributed by atoms with van der Waals surface area (Å²) in [6.45, 7) is 5.10. The molecule has 19 heavy (non-hydrogen) atoms. The van der Waals surface area contributed by atoms with Crippen molar-refractivity contribution in [3.8, 4) is 0 Å². The molecule has 1 aliphatic rings. The fourth-order valence-electron chi connectivity index (χ4n) is 2.58. The standard InChI is InChI=1S/C13H20N4O2/c1-4-16-9-6-10(15-16)11(18)17-8-5-7-13(17,2)12(19)14-3/h6,9H,4-5,7-8H2,1-3H3,(H,14,19)/t13-/m1/s1. The third-order valence-electron chi connectivity index (χ3n) is 3.79. The van der Waals surface area contributed by atoms with Gasteiger partial charge in [0.05, 0.1) is 0 Å². The predicted octanol–water partition coefficient (Wildman–Crippen LogP) is 0.644. The molecule has 1 aromatic heterocycles. The second-order valence-corrected chi connectivity index (χ2v) is 4.97. The van der Waals surface area contributed by atoms with Gasteiger partial charge in [-0.15, -0.1) is 0 Å². The van der Waals surface area contributed by atoms with E-state index in [0.29, 0.717) is 18.7 Å². The zero-order valence-electron chi connectivity index (χ0n) is 11.6. The number of amides is 2. The minimum atomic E-state index is -0.762. The number of likely N-dealkylation sites (N-methyl/N-ethyl adjacent to an activating group) is 1. The Kier molecular flexibility index (Phi) is 3.59. The molecular weight excluding hydrogens is 244 g/mol. The summed E-state index contributed by atoms with van der Waals surface area (Å²) >= 11 is 0. The molecule has 0 unspecified atom stereocenters. The fraction of sp³-hybridized carbons (Fsp3) is 0.615. The van der Waals surface area contributed by atoms with Crippen molar-refractivity contribution in [1.29, 1.82) is 0 Å². The Morgan fingerprint density at radius 1 is 1.53 bits per heavy atom. The van der Waals surface area contributed by atoms with Crippen molar-refractivity contribution in [2.24, 2.45) is 0 Å². The van der Waals surface area contributed by atoms with Crippen molar-refractivity contribution >= 4 is 11.8 Å². The van der Waals surface area contributed by atoms with Crippen LogP contribution in [0.3, 0.4) is 0 Å². The highest BCUT2D eigenvalue weighted by molar-refractivity contribution is 5.98. The van der Waals surface area contributed by atoms with Crippen molar-refractivity contribution in [3.05, 3.63) is 18.0 Å². The summed E-state index contributed by atoms with van der Waals surface area (Å²) in [5, 5.41) is 6.86. The highest BCUT2D eigenvalue weighted by Crippen LogP contribution is 2.30. The second kappa shape index (κ2) is 5.03. The molecule has 2 amide bonds. The number of aromatic nitrogens is 2. The smallest absolute Gasteiger partial charge is 0.275 e. The lowest BCUT2D eigenvalue weighted by molar-refractivity contribution is -0.129. The number of aryl methyl sites for hydroxylation is 1. The summed E-state index contributed by atoms with van der Waals surface area (Å²) in [7, 11) is 1.60. The molecule has 2 rings (SSSR count). The maximum Gasteiger partial charge on any atom is 0.275 e. The quantitative estimate of drug-likeness (QED) is 0.871. The Balaban J connectivity index is 2.25. The summed E-state index contributed by atoms with van der Waals surface area (Å²) < 4.78 is 1.71. The van der Waals surface area contributed by atoms with Gasteiger partial charge in [0.15, 0.2) is 0 Å². The van der Waals surface area contributed by atoms with E-state index in [1.54, 1.807) is 28.9 Å². The van der Waals surface area contributed by atoms with Crippen LogP contribution in [0.2, 0.25) is 0 Å². The molecule has 1 aromatic rings. The van der Waals surface area contributed by atoms with Gasteiger partial charge < -0.3 is 10.2 Å². The third kappa shape index (κ3) is 2.22. The number of rotatable bonds is 3. The van der Waals surface area contributed by atoms with Gasteiger partial charge >= 0.3 is 0 Å². The second-order valence-electron chi connectivity index (χ2n) is 4.97. The van der Waals surface area contributed by atoms with Crippen molar-refractivity contribution in [1.82, 2.24) is 20.0 Å². The van der Waals surface area contributed by atoms with Gasteiger partial charge in [0.1, 0.15) is 11.2 Å². The molecule has 1 fully saturated rings. The zero-order valence-corrected chi connectivity index (χ0v) is 11.6. The van der Waals surface area contributed by atoms with E-state index in [9.17, 15) is 9.59 Å². The maximum absolute atomic E-state index is 12.5. The summed E-state index contributed by atoms with van der Waals surface area (Å²) in [6, 6.07) is 1.70. The fourth-order valence-corrected chi connectivity index (χ4v) is 2.58. The highest BCUT2D eigenvalue weighted by Gasteiger charge is 2.45. The van der Waals surface area contributed by atoms with Gasteiger partial charge in [0.25, 0.3) is 5.91 Å². The van der Waals surface area contributed by atoms with Crippen LogP contribution in [0.25, 0.3) is 0 Å². The first-order chi connectivity index (χ1) is 9.02. The van der Waals surface area contributed by atoms with E-state index < -0.39 is 5.54 Å². The molecule has 6 nitrogen and oxygen atoms in total. The van der Waals surface area contributed by atoms with Gasteiger partial charge in [0, 0.05) is 26.3 Å². The Morgan fingerprint density at radius 3 is 2.84 bits per heavy atom. The number of carbonyl (C=O) groups is 2. The first-order valence-corrected chi connectivity index (χ1v) is 6.60. The van der Waals surface area contributed by atoms with Crippen LogP contribution in [0.1, 0.15) is 37.2 Å². The molecule has 2 heterocycles. The van der Waals surface area contributed by atoms with E-state index in [2.05, 4.69) is 10.4 Å². The van der Waals surface area contributed by atoms with Crippen molar-refractivity contribution < 1.29 is 9.59 Å². The van der Waals surface area contributed by atoms with Gasteiger partial charge in [-0.25, -0.2) is 0 Å². The van der Waals surface area contributed by atoms with Gasteiger partial charge in [-0.2, -0.15) is 5.10 Å². The van der Waals surface area contributed by atoms with Crippen LogP contribution < -0.4 is 5.32 Å². The molecule has 0 radical (unpaired) electrons. The molecule has 1 aliphatic heterocycles. The molecule has 1 saturated heterocycles. The third-order valence-corrected chi connectivity index (χ3v) is 3.79. The normalized spacial score (nSPS) is 22.6. The molecule has 1 N–H and O–H groups in total. The van der Waals surface area contributed by atoms with E-state index >= 15 is 0 Å². The minimum Gasteiger partial charge on any atom is -0.357 e. The summed E-state index contributed by atoms with van der Waals surface area (Å²) in [5.74, 6) is -0.288. The van der Waals surface area contributed by atoms with Crippen LogP contribution in [0.15, 0.2) is 12.3 Å². The number of hydrogen-bond acceptors (Lipinski definition) is 3. The Labute approximate surface area is 112 Å². The molecule has 0 saturated carbocycles. The van der Waals surface area contributed by atoms with Gasteiger partial charge in [0.2, 0.25) is 5.91 Å². The first kappa shape index (κ1) is 13.6. The van der Waals surface area contributed by atoms with Gasteiger partial charge in [-0.05, 0) is 32.8 Å². The lowest BCUT2D eigenvalue weighted by Gasteiger charge is -2.32. The van der Waals surface area contributed by atoms with Crippen LogP contribution in [0.4, 0.5) is 0 Å². The lowest BCUT2D eigenvalue weighted by Crippen LogP contribution is -2.54. The molecule has 0 bridgehead atoms.